The summed E-state index contributed by atoms with van der Waals surface area (Å²) in [6, 6.07) is 15.4. The summed E-state index contributed by atoms with van der Waals surface area (Å²) in [5.41, 5.74) is 5.86. The molecular weight excluding hydrogens is 386 g/mol. The van der Waals surface area contributed by atoms with Crippen molar-refractivity contribution >= 4 is 28.1 Å². The van der Waals surface area contributed by atoms with Gasteiger partial charge in [0.1, 0.15) is 0 Å². The Bertz CT molecular complexity index is 1320. The summed E-state index contributed by atoms with van der Waals surface area (Å²) in [4.78, 5) is 26.8. The second kappa shape index (κ2) is 7.58. The molecule has 2 aromatic carbocycles. The van der Waals surface area contributed by atoms with E-state index in [0.29, 0.717) is 24.1 Å². The number of carbonyl (C=O) groups excluding carboxylic acids is 1. The number of ketones is 1. The molecule has 2 aliphatic rings. The lowest BCUT2D eigenvalue weighted by Crippen LogP contribution is -2.31. The number of fused-ring (bicyclic) bond motifs is 2. The van der Waals surface area contributed by atoms with Gasteiger partial charge in [-0.3, -0.25) is 9.59 Å². The Hall–Kier alpha value is -3.60. The topological polar surface area (TPSA) is 63.1 Å². The number of hydrogen-bond donors (Lipinski definition) is 2. The highest BCUT2D eigenvalue weighted by atomic mass is 16.1. The number of pyridine rings is 1. The van der Waals surface area contributed by atoms with Crippen molar-refractivity contribution in [2.24, 2.45) is 0 Å². The maximum atomic E-state index is 13.7. The second-order valence-electron chi connectivity index (χ2n) is 8.28. The van der Waals surface area contributed by atoms with Crippen LogP contribution in [0.15, 0.2) is 77.3 Å². The highest BCUT2D eigenvalue weighted by molar-refractivity contribution is 6.00. The minimum atomic E-state index is -0.506. The highest BCUT2D eigenvalue weighted by Crippen LogP contribution is 2.40. The molecule has 2 N–H and O–H groups in total. The molecule has 3 aromatic rings. The molecule has 1 aliphatic carbocycles. The van der Waals surface area contributed by atoms with E-state index in [9.17, 15) is 9.59 Å². The first kappa shape index (κ1) is 19.4. The molecule has 0 saturated carbocycles. The molecule has 0 saturated heterocycles. The first-order valence-electron chi connectivity index (χ1n) is 10.7. The fourth-order valence-electron chi connectivity index (χ4n) is 4.69. The van der Waals surface area contributed by atoms with E-state index < -0.39 is 6.04 Å². The Balaban J connectivity index is 1.78. The number of Topliss-reactive ketones (excluding diaryl/α,β-unsaturated/α-hetero) is 1. The number of aryl methyl sites for hydroxylation is 1. The molecule has 31 heavy (non-hydrogen) atoms. The number of allylic oxidation sites excluding steroid dienone is 2. The zero-order valence-corrected chi connectivity index (χ0v) is 17.6. The van der Waals surface area contributed by atoms with Crippen LogP contribution >= 0.6 is 0 Å². The largest absolute Gasteiger partial charge is 0.372 e. The van der Waals surface area contributed by atoms with Crippen molar-refractivity contribution in [2.75, 3.05) is 10.6 Å². The van der Waals surface area contributed by atoms with Crippen LogP contribution < -0.4 is 16.2 Å². The van der Waals surface area contributed by atoms with Gasteiger partial charge >= 0.3 is 0 Å². The van der Waals surface area contributed by atoms with Gasteiger partial charge in [-0.15, -0.1) is 6.58 Å². The Morgan fingerprint density at radius 3 is 2.71 bits per heavy atom. The van der Waals surface area contributed by atoms with Gasteiger partial charge in [0.25, 0.3) is 5.56 Å². The maximum Gasteiger partial charge on any atom is 0.256 e. The van der Waals surface area contributed by atoms with Gasteiger partial charge in [-0.05, 0) is 55.0 Å². The van der Waals surface area contributed by atoms with Gasteiger partial charge < -0.3 is 15.2 Å². The number of nitrogens with zero attached hydrogens (tertiary/aromatic N) is 1. The second-order valence-corrected chi connectivity index (χ2v) is 8.28. The van der Waals surface area contributed by atoms with Crippen LogP contribution in [0.25, 0.3) is 10.9 Å². The molecule has 5 rings (SSSR count). The zero-order valence-electron chi connectivity index (χ0n) is 17.6. The molecule has 0 spiro atoms. The van der Waals surface area contributed by atoms with Crippen molar-refractivity contribution < 1.29 is 4.79 Å². The molecule has 5 heteroatoms. The average Bonchev–Trinajstić information content (AvgIpc) is 2.93. The summed E-state index contributed by atoms with van der Waals surface area (Å²) in [5.74, 6) is 0.0951. The van der Waals surface area contributed by atoms with Gasteiger partial charge in [0, 0.05) is 29.8 Å². The van der Waals surface area contributed by atoms with Crippen molar-refractivity contribution in [2.45, 2.75) is 38.8 Å². The number of carbonyl (C=O) groups is 1. The Morgan fingerprint density at radius 1 is 1.10 bits per heavy atom. The van der Waals surface area contributed by atoms with E-state index in [1.54, 1.807) is 10.6 Å². The van der Waals surface area contributed by atoms with E-state index in [4.69, 9.17) is 0 Å². The molecule has 0 bridgehead atoms. The monoisotopic (exact) mass is 411 g/mol. The van der Waals surface area contributed by atoms with Gasteiger partial charge in [0.05, 0.1) is 22.9 Å². The number of rotatable bonds is 3. The summed E-state index contributed by atoms with van der Waals surface area (Å²) in [7, 11) is 0. The van der Waals surface area contributed by atoms with Gasteiger partial charge in [0.15, 0.2) is 5.78 Å². The lowest BCUT2D eigenvalue weighted by Gasteiger charge is -2.26. The zero-order chi connectivity index (χ0) is 21.5. The van der Waals surface area contributed by atoms with Crippen LogP contribution in [-0.2, 0) is 11.3 Å². The Morgan fingerprint density at radius 2 is 1.90 bits per heavy atom. The fraction of sp³-hybridized carbons (Fsp3) is 0.231. The van der Waals surface area contributed by atoms with Crippen LogP contribution in [0.4, 0.5) is 11.4 Å². The fourth-order valence-corrected chi connectivity index (χ4v) is 4.69. The molecule has 5 nitrogen and oxygen atoms in total. The standard InChI is InChI=1S/C26H25N3O2/c1-3-13-29-22-14-16(2)11-12-17(22)15-18(26(29)31)25-24-21(9-6-10-23(24)30)27-19-7-4-5-8-20(19)28-25/h3-5,7-8,11-12,14-15,25,27-28H,1,6,9-10,13H2,2H3. The summed E-state index contributed by atoms with van der Waals surface area (Å²) in [5, 5.41) is 7.95. The Kier molecular flexibility index (Phi) is 4.74. The van der Waals surface area contributed by atoms with Gasteiger partial charge in [-0.1, -0.05) is 30.3 Å². The first-order valence-corrected chi connectivity index (χ1v) is 10.7. The normalized spacial score (nSPS) is 18.0. The van der Waals surface area contributed by atoms with Gasteiger partial charge in [-0.25, -0.2) is 0 Å². The summed E-state index contributed by atoms with van der Waals surface area (Å²) >= 11 is 0. The van der Waals surface area contributed by atoms with Crippen molar-refractivity contribution in [1.29, 1.82) is 0 Å². The predicted molar refractivity (Wildman–Crippen MR) is 125 cm³/mol. The minimum absolute atomic E-state index is 0.0951. The van der Waals surface area contributed by atoms with Crippen LogP contribution in [0.5, 0.6) is 0 Å². The molecule has 0 fully saturated rings. The molecular formula is C26H25N3O2. The van der Waals surface area contributed by atoms with Crippen LogP contribution in [0, 0.1) is 6.92 Å². The maximum absolute atomic E-state index is 13.7. The molecule has 1 atom stereocenters. The lowest BCUT2D eigenvalue weighted by molar-refractivity contribution is -0.116. The molecule has 156 valence electrons. The van der Waals surface area contributed by atoms with Crippen LogP contribution in [0.2, 0.25) is 0 Å². The third-order valence-corrected chi connectivity index (χ3v) is 6.16. The van der Waals surface area contributed by atoms with E-state index in [0.717, 1.165) is 46.4 Å². The van der Waals surface area contributed by atoms with E-state index in [1.165, 1.54) is 0 Å². The number of hydrogen-bond acceptors (Lipinski definition) is 4. The number of para-hydroxylation sites is 2. The molecule has 2 heterocycles. The minimum Gasteiger partial charge on any atom is -0.372 e. The van der Waals surface area contributed by atoms with Crippen molar-refractivity contribution in [3.63, 3.8) is 0 Å². The van der Waals surface area contributed by atoms with Crippen molar-refractivity contribution in [3.8, 4) is 0 Å². The summed E-state index contributed by atoms with van der Waals surface area (Å²) < 4.78 is 1.75. The third-order valence-electron chi connectivity index (χ3n) is 6.16. The molecule has 1 aromatic heterocycles. The van der Waals surface area contributed by atoms with E-state index in [1.807, 2.05) is 55.5 Å². The highest BCUT2D eigenvalue weighted by Gasteiger charge is 2.33. The van der Waals surface area contributed by atoms with Crippen molar-refractivity contribution in [3.05, 3.63) is 93.9 Å². The Labute approximate surface area is 181 Å². The van der Waals surface area contributed by atoms with Crippen molar-refractivity contribution in [1.82, 2.24) is 4.57 Å². The molecule has 0 amide bonds. The van der Waals surface area contributed by atoms with E-state index in [2.05, 4.69) is 17.2 Å². The number of aromatic nitrogens is 1. The van der Waals surface area contributed by atoms with Gasteiger partial charge in [-0.2, -0.15) is 0 Å². The third kappa shape index (κ3) is 3.26. The van der Waals surface area contributed by atoms with Crippen LogP contribution in [0.1, 0.15) is 36.4 Å². The van der Waals surface area contributed by atoms with E-state index >= 15 is 0 Å². The summed E-state index contributed by atoms with van der Waals surface area (Å²) in [6.45, 7) is 6.27. The SMILES string of the molecule is C=CCn1c(=O)c(C2Nc3ccccc3NC3=C2C(=O)CCC3)cc2ccc(C)cc21. The summed E-state index contributed by atoms with van der Waals surface area (Å²) in [6.07, 6.45) is 3.85. The smallest absolute Gasteiger partial charge is 0.256 e. The molecule has 0 radical (unpaired) electrons. The number of anilines is 2. The lowest BCUT2D eigenvalue weighted by atomic mass is 9.86. The number of nitrogens with one attached hydrogen (secondary N) is 2. The number of benzene rings is 2. The van der Waals surface area contributed by atoms with Gasteiger partial charge in [0.2, 0.25) is 0 Å². The first-order chi connectivity index (χ1) is 15.1. The molecule has 1 unspecified atom stereocenters. The van der Waals surface area contributed by atoms with Crippen LogP contribution in [0.3, 0.4) is 0 Å². The predicted octanol–water partition coefficient (Wildman–Crippen LogP) is 5.08. The quantitative estimate of drug-likeness (QED) is 0.590. The molecule has 1 aliphatic heterocycles. The average molecular weight is 412 g/mol. The van der Waals surface area contributed by atoms with Crippen LogP contribution in [-0.4, -0.2) is 10.4 Å². The van der Waals surface area contributed by atoms with E-state index in [-0.39, 0.29) is 11.3 Å².